The van der Waals surface area contributed by atoms with Crippen LogP contribution in [-0.4, -0.2) is 42.0 Å². The molecule has 1 aliphatic carbocycles. The summed E-state index contributed by atoms with van der Waals surface area (Å²) in [5.41, 5.74) is -1.26. The van der Waals surface area contributed by atoms with Crippen LogP contribution in [0, 0.1) is 11.8 Å². The average Bonchev–Trinajstić information content (AvgIpc) is 2.85. The fraction of sp³-hybridized carbons (Fsp3) is 0.909. The number of esters is 2. The SMILES string of the molecule is CC(C)(C)OC(=O)C[C@@H]1[C@H](I)CCC[C@@H]2C[C@@]1(CO[Si](C)(C)C(C)(C)C)OC2=O. The van der Waals surface area contributed by atoms with E-state index in [4.69, 9.17) is 13.9 Å². The van der Waals surface area contributed by atoms with E-state index in [1.807, 2.05) is 20.8 Å². The zero-order chi connectivity index (χ0) is 22.3. The Morgan fingerprint density at radius 2 is 1.83 bits per heavy atom. The number of carbonyl (C=O) groups excluding carboxylic acids is 2. The van der Waals surface area contributed by atoms with Gasteiger partial charge in [-0.05, 0) is 51.7 Å². The summed E-state index contributed by atoms with van der Waals surface area (Å²) in [6.45, 7) is 17.1. The van der Waals surface area contributed by atoms with Gasteiger partial charge < -0.3 is 13.9 Å². The third-order valence-electron chi connectivity index (χ3n) is 6.66. The van der Waals surface area contributed by atoms with Crippen molar-refractivity contribution < 1.29 is 23.5 Å². The molecular formula is C22H39IO5Si. The molecule has 29 heavy (non-hydrogen) atoms. The Morgan fingerprint density at radius 3 is 2.38 bits per heavy atom. The molecule has 2 fully saturated rings. The first-order valence-electron chi connectivity index (χ1n) is 10.8. The highest BCUT2D eigenvalue weighted by atomic mass is 127. The van der Waals surface area contributed by atoms with Gasteiger partial charge in [0.05, 0.1) is 18.9 Å². The lowest BCUT2D eigenvalue weighted by atomic mass is 9.75. The molecule has 1 heterocycles. The van der Waals surface area contributed by atoms with E-state index >= 15 is 0 Å². The standard InChI is InChI=1S/C22H39IO5Si/c1-20(2,3)27-18(24)12-16-17(23)11-9-10-15-13-22(16,28-19(15)25)14-26-29(7,8)21(4,5)6/h15-17H,9-14H2,1-8H3/t15-,16-,17-,22+/m1/s1. The van der Waals surface area contributed by atoms with Crippen LogP contribution in [0.4, 0.5) is 0 Å². The summed E-state index contributed by atoms with van der Waals surface area (Å²) in [4.78, 5) is 25.4. The second kappa shape index (κ2) is 8.77. The lowest BCUT2D eigenvalue weighted by Crippen LogP contribution is -2.52. The van der Waals surface area contributed by atoms with Gasteiger partial charge in [0.1, 0.15) is 11.2 Å². The van der Waals surface area contributed by atoms with Crippen LogP contribution in [0.5, 0.6) is 0 Å². The van der Waals surface area contributed by atoms with Crippen molar-refractivity contribution in [2.24, 2.45) is 11.8 Å². The highest BCUT2D eigenvalue weighted by Gasteiger charge is 2.56. The molecule has 0 spiro atoms. The van der Waals surface area contributed by atoms with Crippen LogP contribution in [0.25, 0.3) is 0 Å². The van der Waals surface area contributed by atoms with E-state index in [1.165, 1.54) is 0 Å². The molecule has 4 atom stereocenters. The molecule has 0 aromatic carbocycles. The van der Waals surface area contributed by atoms with Crippen LogP contribution >= 0.6 is 22.6 Å². The summed E-state index contributed by atoms with van der Waals surface area (Å²) in [5.74, 6) is -0.528. The van der Waals surface area contributed by atoms with E-state index in [0.29, 0.717) is 13.0 Å². The van der Waals surface area contributed by atoms with Crippen LogP contribution in [0.15, 0.2) is 0 Å². The topological polar surface area (TPSA) is 61.8 Å². The second-order valence-electron chi connectivity index (χ2n) is 11.3. The highest BCUT2D eigenvalue weighted by Crippen LogP contribution is 2.48. The van der Waals surface area contributed by atoms with Crippen molar-refractivity contribution in [3.05, 3.63) is 0 Å². The second-order valence-corrected chi connectivity index (χ2v) is 17.7. The van der Waals surface area contributed by atoms with Crippen molar-refractivity contribution in [1.29, 1.82) is 0 Å². The van der Waals surface area contributed by atoms with Crippen molar-refractivity contribution >= 4 is 42.8 Å². The van der Waals surface area contributed by atoms with Crippen LogP contribution in [0.2, 0.25) is 18.1 Å². The summed E-state index contributed by atoms with van der Waals surface area (Å²) in [5, 5.41) is 0.0671. The number of hydrogen-bond donors (Lipinski definition) is 0. The summed E-state index contributed by atoms with van der Waals surface area (Å²) in [7, 11) is -2.02. The van der Waals surface area contributed by atoms with E-state index in [0.717, 1.165) is 19.3 Å². The van der Waals surface area contributed by atoms with Gasteiger partial charge in [-0.2, -0.15) is 0 Å². The number of hydrogen-bond acceptors (Lipinski definition) is 5. The van der Waals surface area contributed by atoms with Crippen molar-refractivity contribution in [1.82, 2.24) is 0 Å². The zero-order valence-electron chi connectivity index (χ0n) is 19.4. The summed E-state index contributed by atoms with van der Waals surface area (Å²) >= 11 is 2.44. The highest BCUT2D eigenvalue weighted by molar-refractivity contribution is 14.1. The summed E-state index contributed by atoms with van der Waals surface area (Å²) < 4.78 is 18.5. The van der Waals surface area contributed by atoms with Gasteiger partial charge in [0.2, 0.25) is 0 Å². The smallest absolute Gasteiger partial charge is 0.309 e. The molecule has 5 nitrogen and oxygen atoms in total. The molecule has 2 bridgehead atoms. The van der Waals surface area contributed by atoms with E-state index in [2.05, 4.69) is 56.5 Å². The van der Waals surface area contributed by atoms with Crippen molar-refractivity contribution in [2.75, 3.05) is 6.61 Å². The summed E-state index contributed by atoms with van der Waals surface area (Å²) in [6.07, 6.45) is 3.72. The van der Waals surface area contributed by atoms with Gasteiger partial charge in [0, 0.05) is 16.3 Å². The lowest BCUT2D eigenvalue weighted by molar-refractivity contribution is -0.167. The Labute approximate surface area is 191 Å². The van der Waals surface area contributed by atoms with Gasteiger partial charge in [-0.1, -0.05) is 49.8 Å². The van der Waals surface area contributed by atoms with Crippen molar-refractivity contribution in [3.8, 4) is 0 Å². The normalized spacial score (nSPS) is 31.1. The molecule has 2 rings (SSSR count). The average molecular weight is 539 g/mol. The Balaban J connectivity index is 2.32. The minimum absolute atomic E-state index is 0.0671. The molecule has 0 unspecified atom stereocenters. The number of carbonyl (C=O) groups is 2. The van der Waals surface area contributed by atoms with Crippen LogP contribution in [0.3, 0.4) is 0 Å². The number of alkyl halides is 1. The first-order valence-corrected chi connectivity index (χ1v) is 14.9. The van der Waals surface area contributed by atoms with Gasteiger partial charge in [-0.25, -0.2) is 0 Å². The molecule has 1 aliphatic heterocycles. The third kappa shape index (κ3) is 6.18. The molecule has 168 valence electrons. The van der Waals surface area contributed by atoms with Crippen LogP contribution in [-0.2, 0) is 23.5 Å². The minimum atomic E-state index is -2.02. The Bertz CT molecular complexity index is 622. The lowest BCUT2D eigenvalue weighted by Gasteiger charge is -2.43. The minimum Gasteiger partial charge on any atom is -0.460 e. The molecular weight excluding hydrogens is 499 g/mol. The maximum absolute atomic E-state index is 12.7. The predicted octanol–water partition coefficient (Wildman–Crippen LogP) is 5.65. The Morgan fingerprint density at radius 1 is 1.21 bits per heavy atom. The van der Waals surface area contributed by atoms with E-state index in [-0.39, 0.29) is 39.2 Å². The largest absolute Gasteiger partial charge is 0.460 e. The molecule has 1 saturated carbocycles. The molecule has 2 aliphatic rings. The van der Waals surface area contributed by atoms with Crippen molar-refractivity contribution in [2.45, 2.75) is 107 Å². The van der Waals surface area contributed by atoms with Crippen molar-refractivity contribution in [3.63, 3.8) is 0 Å². The van der Waals surface area contributed by atoms with Gasteiger partial charge in [0.25, 0.3) is 0 Å². The first-order chi connectivity index (χ1) is 13.1. The van der Waals surface area contributed by atoms with Gasteiger partial charge >= 0.3 is 11.9 Å². The van der Waals surface area contributed by atoms with E-state index < -0.39 is 19.5 Å². The number of fused-ring (bicyclic) bond motifs is 2. The van der Waals surface area contributed by atoms with E-state index in [9.17, 15) is 9.59 Å². The third-order valence-corrected chi connectivity index (χ3v) is 12.6. The predicted molar refractivity (Wildman–Crippen MR) is 126 cm³/mol. The zero-order valence-corrected chi connectivity index (χ0v) is 22.6. The maximum atomic E-state index is 12.7. The van der Waals surface area contributed by atoms with Gasteiger partial charge in [-0.3, -0.25) is 9.59 Å². The Kier molecular flexibility index (Phi) is 7.59. The first kappa shape index (κ1) is 25.1. The maximum Gasteiger partial charge on any atom is 0.309 e. The molecule has 0 radical (unpaired) electrons. The molecule has 0 aromatic heterocycles. The fourth-order valence-electron chi connectivity index (χ4n) is 3.95. The van der Waals surface area contributed by atoms with Gasteiger partial charge in [0.15, 0.2) is 8.32 Å². The number of halogens is 1. The quantitative estimate of drug-likeness (QED) is 0.196. The number of ether oxygens (including phenoxy) is 2. The monoisotopic (exact) mass is 538 g/mol. The molecule has 0 N–H and O–H groups in total. The number of rotatable bonds is 5. The van der Waals surface area contributed by atoms with E-state index in [1.54, 1.807) is 0 Å². The van der Waals surface area contributed by atoms with Crippen LogP contribution in [0.1, 0.15) is 73.6 Å². The molecule has 0 amide bonds. The molecule has 7 heteroatoms. The summed E-state index contributed by atoms with van der Waals surface area (Å²) in [6, 6.07) is 0. The van der Waals surface area contributed by atoms with Crippen LogP contribution < -0.4 is 0 Å². The molecule has 0 aromatic rings. The Hall–Kier alpha value is -0.153. The van der Waals surface area contributed by atoms with Gasteiger partial charge in [-0.15, -0.1) is 0 Å². The fourth-order valence-corrected chi connectivity index (χ4v) is 6.34. The molecule has 1 saturated heterocycles.